The molecule has 1 aromatic rings. The summed E-state index contributed by atoms with van der Waals surface area (Å²) >= 11 is 1.55. The van der Waals surface area contributed by atoms with Crippen molar-refractivity contribution in [1.82, 2.24) is 5.32 Å². The molecule has 4 nitrogen and oxygen atoms in total. The van der Waals surface area contributed by atoms with E-state index in [1.165, 1.54) is 0 Å². The fourth-order valence-electron chi connectivity index (χ4n) is 2.48. The van der Waals surface area contributed by atoms with E-state index in [9.17, 15) is 14.7 Å². The lowest BCUT2D eigenvalue weighted by Gasteiger charge is -2.27. The number of nitrogens with one attached hydrogen (secondary N) is 1. The summed E-state index contributed by atoms with van der Waals surface area (Å²) in [4.78, 5) is 23.2. The monoisotopic (exact) mass is 267 g/mol. The molecule has 2 atom stereocenters. The van der Waals surface area contributed by atoms with Crippen LogP contribution in [-0.4, -0.2) is 23.0 Å². The summed E-state index contributed by atoms with van der Waals surface area (Å²) in [5.74, 6) is -0.909. The van der Waals surface area contributed by atoms with Crippen LogP contribution in [0.15, 0.2) is 16.8 Å². The topological polar surface area (TPSA) is 66.4 Å². The van der Waals surface area contributed by atoms with Crippen molar-refractivity contribution in [2.75, 3.05) is 0 Å². The number of hydrogen-bond donors (Lipinski definition) is 2. The minimum atomic E-state index is -0.819. The summed E-state index contributed by atoms with van der Waals surface area (Å²) in [5.41, 5.74) is 0.164. The number of thiophene rings is 1. The average molecular weight is 267 g/mol. The van der Waals surface area contributed by atoms with Crippen molar-refractivity contribution in [2.45, 2.75) is 38.6 Å². The number of carboxylic acids is 1. The van der Waals surface area contributed by atoms with Gasteiger partial charge in [0.2, 0.25) is 5.91 Å². The number of amides is 1. The highest BCUT2D eigenvalue weighted by atomic mass is 32.1. The molecule has 1 aromatic heterocycles. The van der Waals surface area contributed by atoms with Gasteiger partial charge in [0, 0.05) is 6.04 Å². The van der Waals surface area contributed by atoms with Crippen molar-refractivity contribution in [1.29, 1.82) is 0 Å². The van der Waals surface area contributed by atoms with Gasteiger partial charge >= 0.3 is 5.97 Å². The number of carbonyl (C=O) groups excluding carboxylic acids is 1. The fourth-order valence-corrected chi connectivity index (χ4v) is 3.15. The van der Waals surface area contributed by atoms with E-state index in [0.717, 1.165) is 18.4 Å². The third-order valence-corrected chi connectivity index (χ3v) is 4.46. The molecule has 2 unspecified atom stereocenters. The molecule has 0 radical (unpaired) electrons. The summed E-state index contributed by atoms with van der Waals surface area (Å²) in [6.45, 7) is 1.72. The zero-order chi connectivity index (χ0) is 13.2. The quantitative estimate of drug-likeness (QED) is 0.877. The van der Waals surface area contributed by atoms with Crippen LogP contribution in [0, 0.1) is 5.41 Å². The lowest BCUT2D eigenvalue weighted by atomic mass is 9.85. The SMILES string of the molecule is CC1(C(=O)O)CCCC1NC(=O)Cc1ccsc1. The van der Waals surface area contributed by atoms with Gasteiger partial charge in [-0.2, -0.15) is 11.3 Å². The van der Waals surface area contributed by atoms with E-state index in [-0.39, 0.29) is 11.9 Å². The first-order chi connectivity index (χ1) is 8.52. The van der Waals surface area contributed by atoms with Gasteiger partial charge in [-0.3, -0.25) is 9.59 Å². The van der Waals surface area contributed by atoms with E-state index in [1.54, 1.807) is 18.3 Å². The van der Waals surface area contributed by atoms with E-state index in [4.69, 9.17) is 0 Å². The average Bonchev–Trinajstić information content (AvgIpc) is 2.90. The van der Waals surface area contributed by atoms with Crippen LogP contribution in [0.4, 0.5) is 0 Å². The largest absolute Gasteiger partial charge is 0.481 e. The van der Waals surface area contributed by atoms with Crippen LogP contribution in [0.25, 0.3) is 0 Å². The fraction of sp³-hybridized carbons (Fsp3) is 0.538. The van der Waals surface area contributed by atoms with Crippen molar-refractivity contribution in [2.24, 2.45) is 5.41 Å². The highest BCUT2D eigenvalue weighted by molar-refractivity contribution is 7.07. The molecule has 1 aliphatic carbocycles. The minimum Gasteiger partial charge on any atom is -0.481 e. The summed E-state index contributed by atoms with van der Waals surface area (Å²) in [6.07, 6.45) is 2.56. The van der Waals surface area contributed by atoms with Gasteiger partial charge in [0.05, 0.1) is 11.8 Å². The van der Waals surface area contributed by atoms with Crippen LogP contribution in [0.3, 0.4) is 0 Å². The van der Waals surface area contributed by atoms with Gasteiger partial charge in [-0.25, -0.2) is 0 Å². The number of hydrogen-bond acceptors (Lipinski definition) is 3. The molecule has 18 heavy (non-hydrogen) atoms. The molecule has 98 valence electrons. The third kappa shape index (κ3) is 2.56. The van der Waals surface area contributed by atoms with Crippen LogP contribution >= 0.6 is 11.3 Å². The Balaban J connectivity index is 1.96. The summed E-state index contributed by atoms with van der Waals surface area (Å²) in [5, 5.41) is 16.0. The maximum Gasteiger partial charge on any atom is 0.311 e. The van der Waals surface area contributed by atoms with Crippen LogP contribution in [-0.2, 0) is 16.0 Å². The molecule has 0 bridgehead atoms. The molecule has 0 aromatic carbocycles. The zero-order valence-corrected chi connectivity index (χ0v) is 11.1. The molecular formula is C13H17NO3S. The Hall–Kier alpha value is -1.36. The molecule has 1 amide bonds. The maximum atomic E-state index is 11.9. The highest BCUT2D eigenvalue weighted by Gasteiger charge is 2.45. The number of aliphatic carboxylic acids is 1. The Bertz CT molecular complexity index is 443. The van der Waals surface area contributed by atoms with Gasteiger partial charge in [-0.15, -0.1) is 0 Å². The second kappa shape index (κ2) is 5.10. The number of carboxylic acid groups (broad SMARTS) is 1. The molecule has 5 heteroatoms. The zero-order valence-electron chi connectivity index (χ0n) is 10.3. The van der Waals surface area contributed by atoms with Gasteiger partial charge in [-0.05, 0) is 42.2 Å². The van der Waals surface area contributed by atoms with Crippen LogP contribution in [0.5, 0.6) is 0 Å². The van der Waals surface area contributed by atoms with E-state index in [0.29, 0.717) is 12.8 Å². The minimum absolute atomic E-state index is 0.0900. The Labute approximate surface area is 110 Å². The van der Waals surface area contributed by atoms with Gasteiger partial charge in [0.1, 0.15) is 0 Å². The number of carbonyl (C=O) groups is 2. The van der Waals surface area contributed by atoms with Crippen LogP contribution in [0.1, 0.15) is 31.7 Å². The van der Waals surface area contributed by atoms with E-state index >= 15 is 0 Å². The van der Waals surface area contributed by atoms with E-state index in [2.05, 4.69) is 5.32 Å². The van der Waals surface area contributed by atoms with Gasteiger partial charge in [0.15, 0.2) is 0 Å². The van der Waals surface area contributed by atoms with Gasteiger partial charge in [-0.1, -0.05) is 6.42 Å². The summed E-state index contributed by atoms with van der Waals surface area (Å²) in [7, 11) is 0. The first kappa shape index (κ1) is 13.1. The molecule has 1 saturated carbocycles. The normalized spacial score (nSPS) is 27.1. The van der Waals surface area contributed by atoms with Crippen molar-refractivity contribution in [3.05, 3.63) is 22.4 Å². The molecule has 1 aliphatic rings. The summed E-state index contributed by atoms with van der Waals surface area (Å²) in [6, 6.07) is 1.66. The molecule has 0 spiro atoms. The standard InChI is InChI=1S/C13H17NO3S/c1-13(12(16)17)5-2-3-10(13)14-11(15)7-9-4-6-18-8-9/h4,6,8,10H,2-3,5,7H2,1H3,(H,14,15)(H,16,17). The van der Waals surface area contributed by atoms with Crippen molar-refractivity contribution in [3.63, 3.8) is 0 Å². The van der Waals surface area contributed by atoms with Crippen LogP contribution in [0.2, 0.25) is 0 Å². The molecule has 2 N–H and O–H groups in total. The Kier molecular flexibility index (Phi) is 3.71. The Morgan fingerprint density at radius 1 is 1.61 bits per heavy atom. The second-order valence-corrected chi connectivity index (χ2v) is 5.82. The predicted octanol–water partition coefficient (Wildman–Crippen LogP) is 2.05. The van der Waals surface area contributed by atoms with Crippen LogP contribution < -0.4 is 5.32 Å². The third-order valence-electron chi connectivity index (χ3n) is 3.73. The van der Waals surface area contributed by atoms with Gasteiger partial charge < -0.3 is 10.4 Å². The molecule has 0 saturated heterocycles. The van der Waals surface area contributed by atoms with E-state index < -0.39 is 11.4 Å². The number of rotatable bonds is 4. The van der Waals surface area contributed by atoms with Crippen molar-refractivity contribution >= 4 is 23.2 Å². The molecule has 1 heterocycles. The van der Waals surface area contributed by atoms with Crippen molar-refractivity contribution in [3.8, 4) is 0 Å². The molecular weight excluding hydrogens is 250 g/mol. The maximum absolute atomic E-state index is 11.9. The predicted molar refractivity (Wildman–Crippen MR) is 69.5 cm³/mol. The molecule has 2 rings (SSSR count). The Morgan fingerprint density at radius 3 is 3.00 bits per heavy atom. The lowest BCUT2D eigenvalue weighted by molar-refractivity contribution is -0.149. The summed E-state index contributed by atoms with van der Waals surface area (Å²) < 4.78 is 0. The second-order valence-electron chi connectivity index (χ2n) is 5.04. The highest BCUT2D eigenvalue weighted by Crippen LogP contribution is 2.38. The van der Waals surface area contributed by atoms with E-state index in [1.807, 2.05) is 16.8 Å². The van der Waals surface area contributed by atoms with Gasteiger partial charge in [0.25, 0.3) is 0 Å². The first-order valence-corrected chi connectivity index (χ1v) is 7.00. The first-order valence-electron chi connectivity index (χ1n) is 6.06. The van der Waals surface area contributed by atoms with Crippen molar-refractivity contribution < 1.29 is 14.7 Å². The smallest absolute Gasteiger partial charge is 0.311 e. The molecule has 0 aliphatic heterocycles. The Morgan fingerprint density at radius 2 is 2.39 bits per heavy atom. The molecule has 1 fully saturated rings. The lowest BCUT2D eigenvalue weighted by Crippen LogP contribution is -2.47.